The number of nitrogens with one attached hydrogen (secondary N) is 1. The third-order valence-corrected chi connectivity index (χ3v) is 4.70. The molecule has 4 nitrogen and oxygen atoms in total. The molecule has 1 aromatic carbocycles. The van der Waals surface area contributed by atoms with Crippen molar-refractivity contribution in [2.45, 2.75) is 45.1 Å². The van der Waals surface area contributed by atoms with Crippen LogP contribution in [-0.2, 0) is 4.79 Å². The number of carboxylic acid groups (broad SMARTS) is 1. The van der Waals surface area contributed by atoms with Gasteiger partial charge in [0.15, 0.2) is 0 Å². The molecule has 1 aliphatic rings. The number of aliphatic carboxylic acids is 1. The van der Waals surface area contributed by atoms with Crippen molar-refractivity contribution in [3.8, 4) is 0 Å². The number of carboxylic acids is 1. The Morgan fingerprint density at radius 1 is 1.38 bits per heavy atom. The number of carbonyl (C=O) groups excluding carboxylic acids is 1. The van der Waals surface area contributed by atoms with Gasteiger partial charge in [-0.25, -0.2) is 4.79 Å². The third kappa shape index (κ3) is 3.05. The molecule has 1 amide bonds. The van der Waals surface area contributed by atoms with Crippen LogP contribution in [0.2, 0.25) is 5.02 Å². The molecule has 1 aromatic rings. The van der Waals surface area contributed by atoms with E-state index < -0.39 is 11.5 Å². The summed E-state index contributed by atoms with van der Waals surface area (Å²) in [4.78, 5) is 24.3. The fraction of sp³-hybridized carbons (Fsp3) is 0.500. The Morgan fingerprint density at radius 3 is 2.71 bits per heavy atom. The number of hydrogen-bond donors (Lipinski definition) is 2. The Morgan fingerprint density at radius 2 is 2.10 bits per heavy atom. The van der Waals surface area contributed by atoms with Gasteiger partial charge in [-0.1, -0.05) is 37.4 Å². The lowest BCUT2D eigenvalue weighted by atomic mass is 9.73. The van der Waals surface area contributed by atoms with Crippen LogP contribution in [0.4, 0.5) is 0 Å². The number of benzene rings is 1. The highest BCUT2D eigenvalue weighted by atomic mass is 35.5. The molecule has 0 aliphatic heterocycles. The molecule has 2 unspecified atom stereocenters. The fourth-order valence-corrected chi connectivity index (χ4v) is 3.18. The first-order valence-electron chi connectivity index (χ1n) is 7.19. The highest BCUT2D eigenvalue weighted by molar-refractivity contribution is 6.31. The van der Waals surface area contributed by atoms with Crippen LogP contribution in [0.15, 0.2) is 18.2 Å². The average molecular weight is 310 g/mol. The first-order valence-corrected chi connectivity index (χ1v) is 7.56. The van der Waals surface area contributed by atoms with Crippen molar-refractivity contribution in [1.82, 2.24) is 5.32 Å². The predicted molar refractivity (Wildman–Crippen MR) is 81.7 cm³/mol. The van der Waals surface area contributed by atoms with Crippen molar-refractivity contribution in [2.75, 3.05) is 0 Å². The molecule has 2 rings (SSSR count). The second-order valence-corrected chi connectivity index (χ2v) is 6.27. The van der Waals surface area contributed by atoms with Crippen molar-refractivity contribution in [2.24, 2.45) is 5.92 Å². The molecule has 114 valence electrons. The SMILES string of the molecule is Cc1ccc(Cl)cc1C(=O)NC1(C(=O)O)CCCCC1C. The molecule has 0 saturated heterocycles. The molecule has 0 radical (unpaired) electrons. The summed E-state index contributed by atoms with van der Waals surface area (Å²) in [6, 6.07) is 5.05. The predicted octanol–water partition coefficient (Wildman–Crippen LogP) is 3.41. The smallest absolute Gasteiger partial charge is 0.329 e. The van der Waals surface area contributed by atoms with Gasteiger partial charge in [-0.2, -0.15) is 0 Å². The Balaban J connectivity index is 2.31. The minimum absolute atomic E-state index is 0.0906. The van der Waals surface area contributed by atoms with Crippen molar-refractivity contribution in [1.29, 1.82) is 0 Å². The molecule has 0 bridgehead atoms. The van der Waals surface area contributed by atoms with Crippen LogP contribution in [0.5, 0.6) is 0 Å². The Labute approximate surface area is 129 Å². The molecule has 21 heavy (non-hydrogen) atoms. The molecule has 2 N–H and O–H groups in total. The van der Waals surface area contributed by atoms with E-state index in [-0.39, 0.29) is 11.8 Å². The molecule has 1 fully saturated rings. The van der Waals surface area contributed by atoms with Crippen LogP contribution in [-0.4, -0.2) is 22.5 Å². The average Bonchev–Trinajstić information content (AvgIpc) is 2.43. The normalized spacial score (nSPS) is 25.4. The second kappa shape index (κ2) is 6.06. The van der Waals surface area contributed by atoms with Crippen molar-refractivity contribution >= 4 is 23.5 Å². The zero-order valence-electron chi connectivity index (χ0n) is 12.3. The number of amides is 1. The number of rotatable bonds is 3. The van der Waals surface area contributed by atoms with Crippen LogP contribution in [0.3, 0.4) is 0 Å². The molecular weight excluding hydrogens is 290 g/mol. The van der Waals surface area contributed by atoms with Gasteiger partial charge in [0.05, 0.1) is 0 Å². The fourth-order valence-electron chi connectivity index (χ4n) is 3.01. The van der Waals surface area contributed by atoms with Gasteiger partial charge in [-0.15, -0.1) is 0 Å². The quantitative estimate of drug-likeness (QED) is 0.899. The maximum absolute atomic E-state index is 12.5. The molecule has 0 spiro atoms. The molecule has 0 aromatic heterocycles. The first kappa shape index (κ1) is 15.8. The van der Waals surface area contributed by atoms with Gasteiger partial charge in [-0.05, 0) is 43.4 Å². The Kier molecular flexibility index (Phi) is 4.57. The lowest BCUT2D eigenvalue weighted by Crippen LogP contribution is -2.60. The van der Waals surface area contributed by atoms with E-state index in [0.29, 0.717) is 17.0 Å². The standard InChI is InChI=1S/C16H20ClNO3/c1-10-6-7-12(17)9-13(10)14(19)18-16(15(20)21)8-4-3-5-11(16)2/h6-7,9,11H,3-5,8H2,1-2H3,(H,18,19)(H,20,21). The van der Waals surface area contributed by atoms with Gasteiger partial charge in [0.2, 0.25) is 0 Å². The number of carbonyl (C=O) groups is 2. The third-order valence-electron chi connectivity index (χ3n) is 4.46. The van der Waals surface area contributed by atoms with E-state index >= 15 is 0 Å². The molecule has 0 heterocycles. The molecule has 5 heteroatoms. The van der Waals surface area contributed by atoms with Gasteiger partial charge < -0.3 is 10.4 Å². The van der Waals surface area contributed by atoms with Crippen LogP contribution < -0.4 is 5.32 Å². The van der Waals surface area contributed by atoms with Crippen LogP contribution >= 0.6 is 11.6 Å². The van der Waals surface area contributed by atoms with Crippen molar-refractivity contribution in [3.63, 3.8) is 0 Å². The largest absolute Gasteiger partial charge is 0.479 e. The molecule has 2 atom stereocenters. The van der Waals surface area contributed by atoms with Crippen molar-refractivity contribution in [3.05, 3.63) is 34.3 Å². The van der Waals surface area contributed by atoms with E-state index in [2.05, 4.69) is 5.32 Å². The van der Waals surface area contributed by atoms with Gasteiger partial charge in [-0.3, -0.25) is 4.79 Å². The summed E-state index contributed by atoms with van der Waals surface area (Å²) >= 11 is 5.93. The highest BCUT2D eigenvalue weighted by Gasteiger charge is 2.46. The number of aryl methyl sites for hydroxylation is 1. The summed E-state index contributed by atoms with van der Waals surface area (Å²) < 4.78 is 0. The number of hydrogen-bond acceptors (Lipinski definition) is 2. The lowest BCUT2D eigenvalue weighted by molar-refractivity contribution is -0.148. The van der Waals surface area contributed by atoms with E-state index in [0.717, 1.165) is 24.8 Å². The Bertz CT molecular complexity index is 573. The van der Waals surface area contributed by atoms with E-state index in [9.17, 15) is 14.7 Å². The summed E-state index contributed by atoms with van der Waals surface area (Å²) in [7, 11) is 0. The summed E-state index contributed by atoms with van der Waals surface area (Å²) in [5, 5.41) is 12.9. The van der Waals surface area contributed by atoms with Crippen molar-refractivity contribution < 1.29 is 14.7 Å². The zero-order valence-corrected chi connectivity index (χ0v) is 13.0. The minimum Gasteiger partial charge on any atom is -0.479 e. The molecular formula is C16H20ClNO3. The van der Waals surface area contributed by atoms with Crippen LogP contribution in [0, 0.1) is 12.8 Å². The maximum Gasteiger partial charge on any atom is 0.329 e. The van der Waals surface area contributed by atoms with E-state index in [1.54, 1.807) is 18.2 Å². The summed E-state index contributed by atoms with van der Waals surface area (Å²) in [5.41, 5.74) is 0.0335. The lowest BCUT2D eigenvalue weighted by Gasteiger charge is -2.39. The number of halogens is 1. The van der Waals surface area contributed by atoms with Gasteiger partial charge in [0.25, 0.3) is 5.91 Å². The summed E-state index contributed by atoms with van der Waals surface area (Å²) in [6.45, 7) is 3.70. The zero-order chi connectivity index (χ0) is 15.6. The van der Waals surface area contributed by atoms with E-state index in [1.807, 2.05) is 13.8 Å². The Hall–Kier alpha value is -1.55. The maximum atomic E-state index is 12.5. The van der Waals surface area contributed by atoms with E-state index in [1.165, 1.54) is 0 Å². The van der Waals surface area contributed by atoms with Gasteiger partial charge in [0.1, 0.15) is 5.54 Å². The summed E-state index contributed by atoms with van der Waals surface area (Å²) in [5.74, 6) is -1.42. The van der Waals surface area contributed by atoms with E-state index in [4.69, 9.17) is 11.6 Å². The minimum atomic E-state index is -1.18. The molecule has 1 saturated carbocycles. The van der Waals surface area contributed by atoms with Crippen LogP contribution in [0.1, 0.15) is 48.5 Å². The monoisotopic (exact) mass is 309 g/mol. The second-order valence-electron chi connectivity index (χ2n) is 5.84. The topological polar surface area (TPSA) is 66.4 Å². The highest BCUT2D eigenvalue weighted by Crippen LogP contribution is 2.34. The first-order chi connectivity index (χ1) is 9.86. The summed E-state index contributed by atoms with van der Waals surface area (Å²) in [6.07, 6.45) is 3.09. The molecule has 1 aliphatic carbocycles. The van der Waals surface area contributed by atoms with Gasteiger partial charge >= 0.3 is 5.97 Å². The van der Waals surface area contributed by atoms with Crippen LogP contribution in [0.25, 0.3) is 0 Å². The van der Waals surface area contributed by atoms with Gasteiger partial charge in [0, 0.05) is 10.6 Å².